The van der Waals surface area contributed by atoms with Crippen molar-refractivity contribution in [3.63, 3.8) is 0 Å². The number of amides is 1. The average Bonchev–Trinajstić information content (AvgIpc) is 3.00. The number of benzene rings is 1. The fourth-order valence-corrected chi connectivity index (χ4v) is 2.38. The summed E-state index contributed by atoms with van der Waals surface area (Å²) in [5.41, 5.74) is 2.29. The number of nitrogens with two attached hydrogens (primary N) is 1. The van der Waals surface area contributed by atoms with Crippen LogP contribution in [-0.2, 0) is 0 Å². The first-order valence-electron chi connectivity index (χ1n) is 5.98. The van der Waals surface area contributed by atoms with Crippen LogP contribution in [0.4, 0.5) is 11.4 Å². The number of nitrogens with zero attached hydrogens (tertiary/aromatic N) is 2. The van der Waals surface area contributed by atoms with Gasteiger partial charge in [0.1, 0.15) is 10.7 Å². The SMILES string of the molecule is CC(NC(=O)c1ccc(NN)c([N+](=O)[O-])c1)c1nccs1. The lowest BCUT2D eigenvalue weighted by Crippen LogP contribution is -2.26. The van der Waals surface area contributed by atoms with Gasteiger partial charge in [0.15, 0.2) is 0 Å². The summed E-state index contributed by atoms with van der Waals surface area (Å²) in [5.74, 6) is 4.79. The number of nitro benzene ring substituents is 1. The van der Waals surface area contributed by atoms with Crippen LogP contribution >= 0.6 is 11.3 Å². The van der Waals surface area contributed by atoms with Crippen molar-refractivity contribution in [2.45, 2.75) is 13.0 Å². The molecule has 0 saturated heterocycles. The molecule has 0 aliphatic carbocycles. The Morgan fingerprint density at radius 1 is 1.52 bits per heavy atom. The molecule has 0 radical (unpaired) electrons. The topological polar surface area (TPSA) is 123 Å². The molecule has 0 bridgehead atoms. The van der Waals surface area contributed by atoms with Crippen LogP contribution in [0.5, 0.6) is 0 Å². The minimum Gasteiger partial charge on any atom is -0.343 e. The zero-order chi connectivity index (χ0) is 15.4. The number of hydrazine groups is 1. The third-order valence-corrected chi connectivity index (χ3v) is 3.74. The Bertz CT molecular complexity index is 659. The van der Waals surface area contributed by atoms with Crippen LogP contribution in [0.1, 0.15) is 28.3 Å². The highest BCUT2D eigenvalue weighted by Crippen LogP contribution is 2.25. The molecule has 0 spiro atoms. The minimum atomic E-state index is -0.601. The van der Waals surface area contributed by atoms with E-state index in [4.69, 9.17) is 5.84 Å². The van der Waals surface area contributed by atoms with E-state index in [0.717, 1.165) is 5.01 Å². The molecule has 1 atom stereocenters. The molecule has 0 aliphatic heterocycles. The summed E-state index contributed by atoms with van der Waals surface area (Å²) in [5, 5.41) is 16.2. The van der Waals surface area contributed by atoms with Crippen molar-refractivity contribution in [3.8, 4) is 0 Å². The molecule has 4 N–H and O–H groups in total. The monoisotopic (exact) mass is 307 g/mol. The van der Waals surface area contributed by atoms with Crippen molar-refractivity contribution in [1.29, 1.82) is 0 Å². The summed E-state index contributed by atoms with van der Waals surface area (Å²) >= 11 is 1.42. The second kappa shape index (κ2) is 6.29. The van der Waals surface area contributed by atoms with Gasteiger partial charge in [0.2, 0.25) is 0 Å². The third kappa shape index (κ3) is 3.33. The van der Waals surface area contributed by atoms with Gasteiger partial charge in [-0.2, -0.15) is 0 Å². The van der Waals surface area contributed by atoms with Crippen molar-refractivity contribution in [2.75, 3.05) is 5.43 Å². The Balaban J connectivity index is 2.19. The number of nitrogen functional groups attached to an aromatic ring is 1. The Hall–Kier alpha value is -2.52. The molecule has 8 nitrogen and oxygen atoms in total. The van der Waals surface area contributed by atoms with Crippen LogP contribution in [0, 0.1) is 10.1 Å². The van der Waals surface area contributed by atoms with Gasteiger partial charge in [-0.25, -0.2) is 4.98 Å². The highest BCUT2D eigenvalue weighted by Gasteiger charge is 2.19. The Morgan fingerprint density at radius 2 is 2.29 bits per heavy atom. The lowest BCUT2D eigenvalue weighted by molar-refractivity contribution is -0.384. The quantitative estimate of drug-likeness (QED) is 0.440. The number of carbonyl (C=O) groups excluding carboxylic acids is 1. The number of nitro groups is 1. The number of aromatic nitrogens is 1. The maximum atomic E-state index is 12.1. The number of rotatable bonds is 5. The predicted molar refractivity (Wildman–Crippen MR) is 78.9 cm³/mol. The van der Waals surface area contributed by atoms with Gasteiger partial charge < -0.3 is 10.7 Å². The fraction of sp³-hybridized carbons (Fsp3) is 0.167. The predicted octanol–water partition coefficient (Wildman–Crippen LogP) is 1.83. The summed E-state index contributed by atoms with van der Waals surface area (Å²) < 4.78 is 0. The first kappa shape index (κ1) is 14.9. The summed E-state index contributed by atoms with van der Waals surface area (Å²) in [6, 6.07) is 3.76. The summed E-state index contributed by atoms with van der Waals surface area (Å²) in [6.45, 7) is 1.79. The molecule has 1 amide bonds. The third-order valence-electron chi connectivity index (χ3n) is 2.78. The molecule has 21 heavy (non-hydrogen) atoms. The van der Waals surface area contributed by atoms with E-state index in [-0.39, 0.29) is 23.0 Å². The highest BCUT2D eigenvalue weighted by atomic mass is 32.1. The molecule has 0 fully saturated rings. The van der Waals surface area contributed by atoms with Crippen molar-refractivity contribution >= 4 is 28.6 Å². The van der Waals surface area contributed by atoms with Crippen LogP contribution < -0.4 is 16.6 Å². The summed E-state index contributed by atoms with van der Waals surface area (Å²) in [7, 11) is 0. The Labute approximate surface area is 124 Å². The van der Waals surface area contributed by atoms with Gasteiger partial charge >= 0.3 is 0 Å². The van der Waals surface area contributed by atoms with Gasteiger partial charge in [-0.15, -0.1) is 11.3 Å². The number of hydrogen-bond donors (Lipinski definition) is 3. The van der Waals surface area contributed by atoms with Crippen LogP contribution in [0.3, 0.4) is 0 Å². The van der Waals surface area contributed by atoms with Crippen molar-refractivity contribution in [3.05, 3.63) is 50.5 Å². The summed E-state index contributed by atoms with van der Waals surface area (Å²) in [4.78, 5) is 26.6. The van der Waals surface area contributed by atoms with Gasteiger partial charge in [0.05, 0.1) is 11.0 Å². The standard InChI is InChI=1S/C12H13N5O3S/c1-7(12-14-4-5-21-12)15-11(18)8-2-3-9(16-13)10(6-8)17(19)20/h2-7,16H,13H2,1H3,(H,15,18). The van der Waals surface area contributed by atoms with Gasteiger partial charge in [0, 0.05) is 23.2 Å². The van der Waals surface area contributed by atoms with E-state index < -0.39 is 10.8 Å². The highest BCUT2D eigenvalue weighted by molar-refractivity contribution is 7.09. The van der Waals surface area contributed by atoms with E-state index in [1.165, 1.54) is 29.5 Å². The molecular formula is C12H13N5O3S. The zero-order valence-corrected chi connectivity index (χ0v) is 11.9. The number of anilines is 1. The Morgan fingerprint density at radius 3 is 2.86 bits per heavy atom. The normalized spacial score (nSPS) is 11.7. The molecule has 2 rings (SSSR count). The van der Waals surface area contributed by atoms with E-state index in [0.29, 0.717) is 0 Å². The molecule has 1 aromatic carbocycles. The number of carbonyl (C=O) groups is 1. The van der Waals surface area contributed by atoms with Crippen molar-refractivity contribution in [1.82, 2.24) is 10.3 Å². The first-order chi connectivity index (χ1) is 10.0. The first-order valence-corrected chi connectivity index (χ1v) is 6.86. The van der Waals surface area contributed by atoms with E-state index in [2.05, 4.69) is 15.7 Å². The van der Waals surface area contributed by atoms with Crippen LogP contribution in [0.25, 0.3) is 0 Å². The molecule has 2 aromatic rings. The van der Waals surface area contributed by atoms with Gasteiger partial charge in [-0.1, -0.05) is 0 Å². The van der Waals surface area contributed by atoms with Crippen LogP contribution in [0.2, 0.25) is 0 Å². The lowest BCUT2D eigenvalue weighted by atomic mass is 10.1. The van der Waals surface area contributed by atoms with Gasteiger partial charge in [-0.05, 0) is 19.1 Å². The zero-order valence-electron chi connectivity index (χ0n) is 11.1. The largest absolute Gasteiger partial charge is 0.343 e. The van der Waals surface area contributed by atoms with Crippen LogP contribution in [0.15, 0.2) is 29.8 Å². The van der Waals surface area contributed by atoms with Gasteiger partial charge in [0.25, 0.3) is 11.6 Å². The average molecular weight is 307 g/mol. The summed E-state index contributed by atoms with van der Waals surface area (Å²) in [6.07, 6.45) is 1.65. The molecule has 0 saturated carbocycles. The second-order valence-corrected chi connectivity index (χ2v) is 5.13. The van der Waals surface area contributed by atoms with Gasteiger partial charge in [-0.3, -0.25) is 20.8 Å². The van der Waals surface area contributed by atoms with Crippen molar-refractivity contribution < 1.29 is 9.72 Å². The number of nitrogens with one attached hydrogen (secondary N) is 2. The lowest BCUT2D eigenvalue weighted by Gasteiger charge is -2.11. The maximum Gasteiger partial charge on any atom is 0.294 e. The molecule has 1 heterocycles. The molecule has 9 heteroatoms. The minimum absolute atomic E-state index is 0.143. The van der Waals surface area contributed by atoms with E-state index >= 15 is 0 Å². The molecule has 0 aliphatic rings. The fourth-order valence-electron chi connectivity index (χ4n) is 1.74. The van der Waals surface area contributed by atoms with E-state index in [1.807, 2.05) is 5.38 Å². The molecule has 1 aromatic heterocycles. The Kier molecular flexibility index (Phi) is 4.45. The second-order valence-electron chi connectivity index (χ2n) is 4.20. The van der Waals surface area contributed by atoms with Crippen molar-refractivity contribution in [2.24, 2.45) is 5.84 Å². The molecular weight excluding hydrogens is 294 g/mol. The van der Waals surface area contributed by atoms with E-state index in [1.54, 1.807) is 13.1 Å². The molecule has 110 valence electrons. The smallest absolute Gasteiger partial charge is 0.294 e. The molecule has 1 unspecified atom stereocenters. The van der Waals surface area contributed by atoms with Crippen LogP contribution in [-0.4, -0.2) is 15.8 Å². The maximum absolute atomic E-state index is 12.1. The number of hydrogen-bond acceptors (Lipinski definition) is 7. The van der Waals surface area contributed by atoms with E-state index in [9.17, 15) is 14.9 Å². The number of thiazole rings is 1.